The van der Waals surface area contributed by atoms with Gasteiger partial charge in [0.1, 0.15) is 56.4 Å². The topological polar surface area (TPSA) is 150 Å². The van der Waals surface area contributed by atoms with Crippen LogP contribution in [0.15, 0.2) is 103 Å². The van der Waals surface area contributed by atoms with Crippen molar-refractivity contribution >= 4 is 29.8 Å². The van der Waals surface area contributed by atoms with E-state index in [0.29, 0.717) is 17.9 Å². The zero-order chi connectivity index (χ0) is 44.8. The quantitative estimate of drug-likeness (QED) is 0.0237. The molecule has 0 spiro atoms. The summed E-state index contributed by atoms with van der Waals surface area (Å²) in [5.41, 5.74) is 3.92. The maximum absolute atomic E-state index is 12.5. The molecule has 12 nitrogen and oxygen atoms in total. The zero-order valence-corrected chi connectivity index (χ0v) is 36.3. The minimum Gasteiger partial charge on any atom is -0.494 e. The Bertz CT molecular complexity index is 1950. The van der Waals surface area contributed by atoms with Crippen LogP contribution in [0.1, 0.15) is 82.9 Å². The van der Waals surface area contributed by atoms with Gasteiger partial charge >= 0.3 is 29.8 Å². The fraction of sp³-hybridized carbons (Fsp3) is 0.408. The number of esters is 5. The van der Waals surface area contributed by atoms with Crippen LogP contribution in [0.5, 0.6) is 11.5 Å². The molecule has 0 aliphatic rings. The van der Waals surface area contributed by atoms with E-state index in [0.717, 1.165) is 54.4 Å². The molecule has 0 saturated carbocycles. The van der Waals surface area contributed by atoms with E-state index in [4.69, 9.17) is 28.4 Å². The second kappa shape index (κ2) is 25.5. The molecule has 0 N–H and O–H groups in total. The number of hydrogen-bond donors (Lipinski definition) is 0. The first-order valence-electron chi connectivity index (χ1n) is 20.4. The Kier molecular flexibility index (Phi) is 20.5. The number of hydrogen-bond acceptors (Lipinski definition) is 12. The first-order chi connectivity index (χ1) is 29.1. The molecule has 0 aliphatic carbocycles. The molecule has 3 aromatic rings. The maximum atomic E-state index is 12.5. The molecule has 0 atom stereocenters. The van der Waals surface area contributed by atoms with E-state index in [1.54, 1.807) is 19.1 Å². The Labute approximate surface area is 359 Å². The molecule has 0 unspecified atom stereocenters. The lowest BCUT2D eigenvalue weighted by molar-refractivity contribution is -0.163. The Morgan fingerprint density at radius 2 is 1.11 bits per heavy atom. The average Bonchev–Trinajstić information content (AvgIpc) is 3.25. The van der Waals surface area contributed by atoms with Crippen LogP contribution in [0, 0.1) is 5.41 Å². The van der Waals surface area contributed by atoms with Crippen LogP contribution in [0.2, 0.25) is 0 Å². The first-order valence-corrected chi connectivity index (χ1v) is 20.4. The number of ether oxygens (including phenoxy) is 7. The van der Waals surface area contributed by atoms with Crippen LogP contribution in [-0.2, 0) is 67.1 Å². The Morgan fingerprint density at radius 3 is 1.70 bits per heavy atom. The predicted octanol–water partition coefficient (Wildman–Crippen LogP) is 8.82. The van der Waals surface area contributed by atoms with Gasteiger partial charge < -0.3 is 33.2 Å². The third-order valence-electron chi connectivity index (χ3n) is 9.48. The second-order valence-corrected chi connectivity index (χ2v) is 15.2. The molecule has 12 heteroatoms. The molecule has 328 valence electrons. The lowest BCUT2D eigenvalue weighted by Crippen LogP contribution is -2.44. The number of aryl methyl sites for hydroxylation is 2. The number of carbonyl (C=O) groups excluding carboxylic acids is 5. The summed E-state index contributed by atoms with van der Waals surface area (Å²) >= 11 is 0. The van der Waals surface area contributed by atoms with Gasteiger partial charge in [-0.05, 0) is 98.5 Å². The van der Waals surface area contributed by atoms with Crippen molar-refractivity contribution < 1.29 is 57.1 Å². The number of carbonyl (C=O) groups is 5. The SMILES string of the molecule is C=C(C)C(=O)OCc1cc(CCCOc2ccc(CCCCCC)cc2)ccc1-c1ccc(OCC(COC(=O)CC(=O)OC)(COC(=O)C(=C)C)COC(=O)C(=C)C)cc1. The lowest BCUT2D eigenvalue weighted by Gasteiger charge is -2.32. The average molecular weight is 841 g/mol. The summed E-state index contributed by atoms with van der Waals surface area (Å²) in [6.45, 7) is 16.7. The highest BCUT2D eigenvalue weighted by molar-refractivity contribution is 5.91. The number of unbranched alkanes of at least 4 members (excludes halogenated alkanes) is 3. The largest absolute Gasteiger partial charge is 0.494 e. The Hall–Kier alpha value is -6.17. The van der Waals surface area contributed by atoms with Gasteiger partial charge in [-0.1, -0.05) is 88.4 Å². The summed E-state index contributed by atoms with van der Waals surface area (Å²) in [6, 6.07) is 21.5. The normalized spacial score (nSPS) is 10.8. The van der Waals surface area contributed by atoms with E-state index in [9.17, 15) is 24.0 Å². The van der Waals surface area contributed by atoms with Gasteiger partial charge in [0.05, 0.1) is 13.7 Å². The molecule has 61 heavy (non-hydrogen) atoms. The summed E-state index contributed by atoms with van der Waals surface area (Å²) in [5.74, 6) is -2.43. The molecule has 3 aromatic carbocycles. The zero-order valence-electron chi connectivity index (χ0n) is 36.3. The van der Waals surface area contributed by atoms with Crippen molar-refractivity contribution in [3.63, 3.8) is 0 Å². The minimum absolute atomic E-state index is 0.0252. The Morgan fingerprint density at radius 1 is 0.574 bits per heavy atom. The van der Waals surface area contributed by atoms with Crippen LogP contribution in [0.4, 0.5) is 0 Å². The smallest absolute Gasteiger partial charge is 0.333 e. The minimum atomic E-state index is -1.42. The monoisotopic (exact) mass is 840 g/mol. The van der Waals surface area contributed by atoms with Crippen LogP contribution in [-0.4, -0.2) is 70.0 Å². The van der Waals surface area contributed by atoms with Gasteiger partial charge in [0.2, 0.25) is 0 Å². The summed E-state index contributed by atoms with van der Waals surface area (Å²) in [6.07, 6.45) is 6.87. The molecule has 0 heterocycles. The first kappa shape index (κ1) is 49.2. The van der Waals surface area contributed by atoms with Crippen molar-refractivity contribution in [2.45, 2.75) is 85.7 Å². The van der Waals surface area contributed by atoms with E-state index >= 15 is 0 Å². The number of benzene rings is 3. The molecule has 0 fully saturated rings. The molecule has 3 rings (SSSR count). The van der Waals surface area contributed by atoms with E-state index in [2.05, 4.69) is 43.5 Å². The van der Waals surface area contributed by atoms with Gasteiger partial charge in [-0.15, -0.1) is 0 Å². The molecule has 0 aliphatic heterocycles. The summed E-state index contributed by atoms with van der Waals surface area (Å²) in [7, 11) is 1.14. The van der Waals surface area contributed by atoms with Gasteiger partial charge in [-0.3, -0.25) is 9.59 Å². The van der Waals surface area contributed by atoms with Gasteiger partial charge in [0.25, 0.3) is 0 Å². The number of rotatable bonds is 27. The number of methoxy groups -OCH3 is 1. The summed E-state index contributed by atoms with van der Waals surface area (Å²) in [4.78, 5) is 61.5. The van der Waals surface area contributed by atoms with E-state index in [1.165, 1.54) is 45.1 Å². The van der Waals surface area contributed by atoms with E-state index < -0.39 is 61.5 Å². The van der Waals surface area contributed by atoms with Crippen molar-refractivity contribution in [2.75, 3.05) is 40.1 Å². The van der Waals surface area contributed by atoms with Crippen LogP contribution < -0.4 is 9.47 Å². The van der Waals surface area contributed by atoms with Gasteiger partial charge in [-0.2, -0.15) is 0 Å². The molecule has 0 radical (unpaired) electrons. The van der Waals surface area contributed by atoms with E-state index in [1.807, 2.05) is 42.5 Å². The van der Waals surface area contributed by atoms with Crippen molar-refractivity contribution in [2.24, 2.45) is 5.41 Å². The highest BCUT2D eigenvalue weighted by Gasteiger charge is 2.38. The molecule has 0 bridgehead atoms. The van der Waals surface area contributed by atoms with E-state index in [-0.39, 0.29) is 24.4 Å². The molecular formula is C49H60O12. The Balaban J connectivity index is 1.78. The van der Waals surface area contributed by atoms with Crippen molar-refractivity contribution in [1.82, 2.24) is 0 Å². The van der Waals surface area contributed by atoms with Crippen LogP contribution in [0.25, 0.3) is 11.1 Å². The van der Waals surface area contributed by atoms with Gasteiger partial charge in [0.15, 0.2) is 0 Å². The third kappa shape index (κ3) is 17.5. The molecule has 0 saturated heterocycles. The van der Waals surface area contributed by atoms with Crippen molar-refractivity contribution in [3.05, 3.63) is 120 Å². The van der Waals surface area contributed by atoms with Gasteiger partial charge in [-0.25, -0.2) is 14.4 Å². The maximum Gasteiger partial charge on any atom is 0.333 e. The fourth-order valence-corrected chi connectivity index (χ4v) is 5.82. The van der Waals surface area contributed by atoms with Gasteiger partial charge in [0, 0.05) is 16.7 Å². The van der Waals surface area contributed by atoms with Crippen LogP contribution in [0.3, 0.4) is 0 Å². The highest BCUT2D eigenvalue weighted by Crippen LogP contribution is 2.30. The lowest BCUT2D eigenvalue weighted by atomic mass is 9.92. The van der Waals surface area contributed by atoms with Crippen molar-refractivity contribution in [1.29, 1.82) is 0 Å². The van der Waals surface area contributed by atoms with Crippen LogP contribution >= 0.6 is 0 Å². The fourth-order valence-electron chi connectivity index (χ4n) is 5.82. The third-order valence-corrected chi connectivity index (χ3v) is 9.48. The molecular weight excluding hydrogens is 781 g/mol. The highest BCUT2D eigenvalue weighted by atomic mass is 16.6. The van der Waals surface area contributed by atoms with Crippen molar-refractivity contribution in [3.8, 4) is 22.6 Å². The molecule has 0 aromatic heterocycles. The molecule has 0 amide bonds. The standard InChI is InChI=1S/C49H60O12/c1-9-10-11-12-14-37-16-21-41(22-17-37)56-26-13-15-38-18-25-43(40(27-38)29-57-46(52)34(2)3)39-19-23-42(24-20-39)58-30-49(32-60-47(53)35(4)5,33-61-48(54)36(6)7)31-59-45(51)28-44(50)55-8/h16-25,27H,2,4,6,9-15,26,28-33H2,1,3,5,7-8H3. The summed E-state index contributed by atoms with van der Waals surface area (Å²) < 4.78 is 38.6. The second-order valence-electron chi connectivity index (χ2n) is 15.2. The predicted molar refractivity (Wildman–Crippen MR) is 232 cm³/mol. The summed E-state index contributed by atoms with van der Waals surface area (Å²) in [5, 5.41) is 0.